The lowest BCUT2D eigenvalue weighted by atomic mass is 9.46. The first-order valence-electron chi connectivity index (χ1n) is 8.38. The lowest BCUT2D eigenvalue weighted by Gasteiger charge is -2.65. The zero-order chi connectivity index (χ0) is 15.9. The van der Waals surface area contributed by atoms with Crippen LogP contribution in [-0.4, -0.2) is 24.8 Å². The molecule has 1 heterocycles. The minimum Gasteiger partial charge on any atom is -0.344 e. The van der Waals surface area contributed by atoms with E-state index in [-0.39, 0.29) is 5.60 Å². The monoisotopic (exact) mass is 290 g/mol. The van der Waals surface area contributed by atoms with Crippen molar-refractivity contribution in [3.05, 3.63) is 12.7 Å². The van der Waals surface area contributed by atoms with Gasteiger partial charge >= 0.3 is 0 Å². The van der Waals surface area contributed by atoms with E-state index in [1.165, 1.54) is 32.1 Å². The Morgan fingerprint density at radius 3 is 2.14 bits per heavy atom. The molecule has 3 atom stereocenters. The third kappa shape index (κ3) is 2.72. The molecule has 2 aliphatic rings. The highest BCUT2D eigenvalue weighted by molar-refractivity contribution is 6.17. The number of ether oxygens (including phenoxy) is 2. The molecule has 0 amide bonds. The summed E-state index contributed by atoms with van der Waals surface area (Å²) in [6.45, 7) is 14.3. The third-order valence-corrected chi connectivity index (χ3v) is 5.98. The van der Waals surface area contributed by atoms with Crippen LogP contribution in [0.15, 0.2) is 12.7 Å². The Hall–Kier alpha value is -0.275. The lowest BCUT2D eigenvalue weighted by Crippen LogP contribution is -2.67. The lowest BCUT2D eigenvalue weighted by molar-refractivity contribution is -0.384. The van der Waals surface area contributed by atoms with E-state index >= 15 is 0 Å². The van der Waals surface area contributed by atoms with Crippen LogP contribution in [0.1, 0.15) is 73.1 Å². The first kappa shape index (κ1) is 17.1. The van der Waals surface area contributed by atoms with Crippen molar-refractivity contribution in [1.29, 1.82) is 0 Å². The largest absolute Gasteiger partial charge is 0.344 e. The van der Waals surface area contributed by atoms with Gasteiger partial charge in [0.05, 0.1) is 19.0 Å². The summed E-state index contributed by atoms with van der Waals surface area (Å²) in [5, 5.41) is -0.564. The molecular weight excluding hydrogens is 259 g/mol. The highest BCUT2D eigenvalue weighted by Crippen LogP contribution is 2.61. The van der Waals surface area contributed by atoms with Crippen LogP contribution in [-0.2, 0) is 9.47 Å². The molecule has 118 valence electrons. The van der Waals surface area contributed by atoms with Gasteiger partial charge in [-0.3, -0.25) is 0 Å². The average Bonchev–Trinajstić information content (AvgIpc) is 2.37. The zero-order valence-electron chi connectivity index (χ0n) is 14.5. The highest BCUT2D eigenvalue weighted by Gasteiger charge is 2.63. The molecule has 0 spiro atoms. The van der Waals surface area contributed by atoms with Crippen LogP contribution >= 0.6 is 0 Å². The minimum atomic E-state index is -0.622. The van der Waals surface area contributed by atoms with Gasteiger partial charge in [-0.05, 0) is 58.2 Å². The molecule has 2 rings (SSSR count). The van der Waals surface area contributed by atoms with E-state index in [1.807, 2.05) is 19.9 Å². The van der Waals surface area contributed by atoms with Crippen molar-refractivity contribution in [2.75, 3.05) is 0 Å². The predicted molar refractivity (Wildman–Crippen MR) is 88.6 cm³/mol. The molecule has 2 fully saturated rings. The summed E-state index contributed by atoms with van der Waals surface area (Å²) < 4.78 is 12.8. The highest BCUT2D eigenvalue weighted by atomic mass is 16.7. The molecule has 1 aliphatic carbocycles. The second-order valence-corrected chi connectivity index (χ2v) is 7.97. The fraction of sp³-hybridized carbons (Fsp3) is 0.889. The molecule has 0 aromatic carbocycles. The molecular formula is C18H31BO2. The van der Waals surface area contributed by atoms with E-state index < -0.39 is 16.7 Å². The molecule has 2 radical (unpaired) electrons. The van der Waals surface area contributed by atoms with E-state index in [2.05, 4.69) is 27.4 Å². The van der Waals surface area contributed by atoms with Gasteiger partial charge in [0, 0.05) is 0 Å². The molecule has 1 aliphatic heterocycles. The van der Waals surface area contributed by atoms with Crippen LogP contribution in [0, 0.1) is 5.92 Å². The Kier molecular flexibility index (Phi) is 4.41. The van der Waals surface area contributed by atoms with Gasteiger partial charge in [-0.15, -0.1) is 6.58 Å². The first-order chi connectivity index (χ1) is 9.58. The van der Waals surface area contributed by atoms with Gasteiger partial charge in [0.1, 0.15) is 0 Å². The third-order valence-electron chi connectivity index (χ3n) is 5.98. The van der Waals surface area contributed by atoms with Crippen molar-refractivity contribution in [2.45, 2.75) is 95.4 Å². The fourth-order valence-corrected chi connectivity index (χ4v) is 4.50. The van der Waals surface area contributed by atoms with Gasteiger partial charge in [-0.1, -0.05) is 32.3 Å². The summed E-state index contributed by atoms with van der Waals surface area (Å²) in [4.78, 5) is 0. The predicted octanol–water partition coefficient (Wildman–Crippen LogP) is 4.79. The van der Waals surface area contributed by atoms with Crippen molar-refractivity contribution < 1.29 is 9.47 Å². The second kappa shape index (κ2) is 5.42. The van der Waals surface area contributed by atoms with Crippen LogP contribution in [0.2, 0.25) is 5.31 Å². The maximum Gasteiger partial charge on any atom is 0.164 e. The molecule has 0 aromatic heterocycles. The Labute approximate surface area is 132 Å². The van der Waals surface area contributed by atoms with Crippen LogP contribution < -0.4 is 0 Å². The van der Waals surface area contributed by atoms with Gasteiger partial charge in [0.15, 0.2) is 5.79 Å². The van der Waals surface area contributed by atoms with Crippen molar-refractivity contribution in [3.8, 4) is 0 Å². The van der Waals surface area contributed by atoms with E-state index in [0.717, 1.165) is 6.42 Å². The topological polar surface area (TPSA) is 18.5 Å². The summed E-state index contributed by atoms with van der Waals surface area (Å²) in [6.07, 6.45) is 8.92. The normalized spacial score (nSPS) is 44.4. The standard InChI is InChI=1S/C18H31BO2/c1-7-13-16(4)18(6,19)17(5,21-15(2,3)20-16)14-11-9-8-10-12-14/h7,14H,1,8-13H2,2-6H3. The quantitative estimate of drug-likeness (QED) is 0.549. The summed E-state index contributed by atoms with van der Waals surface area (Å²) >= 11 is 0. The Morgan fingerprint density at radius 2 is 1.62 bits per heavy atom. The van der Waals surface area contributed by atoms with Crippen LogP contribution in [0.5, 0.6) is 0 Å². The van der Waals surface area contributed by atoms with Crippen LogP contribution in [0.25, 0.3) is 0 Å². The smallest absolute Gasteiger partial charge is 0.164 e. The molecule has 1 saturated carbocycles. The average molecular weight is 290 g/mol. The maximum atomic E-state index is 6.88. The molecule has 2 nitrogen and oxygen atoms in total. The van der Waals surface area contributed by atoms with E-state index in [9.17, 15) is 0 Å². The van der Waals surface area contributed by atoms with E-state index in [1.54, 1.807) is 0 Å². The van der Waals surface area contributed by atoms with Gasteiger partial charge < -0.3 is 9.47 Å². The summed E-state index contributed by atoms with van der Waals surface area (Å²) in [7, 11) is 6.88. The first-order valence-corrected chi connectivity index (χ1v) is 8.38. The van der Waals surface area contributed by atoms with Crippen LogP contribution in [0.3, 0.4) is 0 Å². The van der Waals surface area contributed by atoms with Gasteiger partial charge in [0.25, 0.3) is 0 Å². The van der Waals surface area contributed by atoms with Crippen LogP contribution in [0.4, 0.5) is 0 Å². The molecule has 0 N–H and O–H groups in total. The summed E-state index contributed by atoms with van der Waals surface area (Å²) in [5.74, 6) is -0.128. The van der Waals surface area contributed by atoms with Crippen molar-refractivity contribution in [3.63, 3.8) is 0 Å². The van der Waals surface area contributed by atoms with Gasteiger partial charge in [0.2, 0.25) is 0 Å². The minimum absolute atomic E-state index is 0.382. The van der Waals surface area contributed by atoms with E-state index in [4.69, 9.17) is 17.3 Å². The summed E-state index contributed by atoms with van der Waals surface area (Å²) in [6, 6.07) is 0. The Balaban J connectivity index is 2.43. The SMILES string of the molecule is [B]C1(C)C(C)(CC=C)OC(C)(C)OC1(C)C1CCCCC1. The van der Waals surface area contributed by atoms with Gasteiger partial charge in [-0.2, -0.15) is 0 Å². The Bertz CT molecular complexity index is 398. The molecule has 0 bridgehead atoms. The fourth-order valence-electron chi connectivity index (χ4n) is 4.50. The Morgan fingerprint density at radius 1 is 1.05 bits per heavy atom. The van der Waals surface area contributed by atoms with Crippen molar-refractivity contribution >= 4 is 7.85 Å². The molecule has 0 aromatic rings. The van der Waals surface area contributed by atoms with Crippen molar-refractivity contribution in [1.82, 2.24) is 0 Å². The van der Waals surface area contributed by atoms with Gasteiger partial charge in [-0.25, -0.2) is 0 Å². The number of hydrogen-bond donors (Lipinski definition) is 0. The molecule has 3 heteroatoms. The molecule has 21 heavy (non-hydrogen) atoms. The zero-order valence-corrected chi connectivity index (χ0v) is 14.5. The number of hydrogen-bond acceptors (Lipinski definition) is 2. The molecule has 3 unspecified atom stereocenters. The second-order valence-electron chi connectivity index (χ2n) is 7.97. The number of rotatable bonds is 3. The summed E-state index contributed by atoms with van der Waals surface area (Å²) in [5.41, 5.74) is -0.852. The maximum absolute atomic E-state index is 6.88. The molecule has 1 saturated heterocycles. The van der Waals surface area contributed by atoms with Crippen molar-refractivity contribution in [2.24, 2.45) is 5.92 Å². The van der Waals surface area contributed by atoms with E-state index in [0.29, 0.717) is 5.92 Å².